The topological polar surface area (TPSA) is 75.6 Å². The zero-order chi connectivity index (χ0) is 17.5. The summed E-state index contributed by atoms with van der Waals surface area (Å²) in [7, 11) is 0. The zero-order valence-electron chi connectivity index (χ0n) is 13.8. The molecule has 5 nitrogen and oxygen atoms in total. The molecule has 0 heterocycles. The van der Waals surface area contributed by atoms with Gasteiger partial charge in [-0.1, -0.05) is 6.07 Å². The lowest BCUT2D eigenvalue weighted by Gasteiger charge is -2.09. The van der Waals surface area contributed by atoms with Gasteiger partial charge in [-0.2, -0.15) is 0 Å². The second-order valence-electron chi connectivity index (χ2n) is 5.75. The maximum atomic E-state index is 11.7. The van der Waals surface area contributed by atoms with Gasteiger partial charge < -0.3 is 15.2 Å². The predicted molar refractivity (Wildman–Crippen MR) is 92.5 cm³/mol. The lowest BCUT2D eigenvalue weighted by Crippen LogP contribution is -2.11. The van der Waals surface area contributed by atoms with E-state index in [1.165, 1.54) is 0 Å². The molecule has 1 amide bonds. The molecule has 0 atom stereocenters. The highest BCUT2D eigenvalue weighted by atomic mass is 16.5. The largest absolute Gasteiger partial charge is 0.481 e. The maximum absolute atomic E-state index is 11.7. The Hall–Kier alpha value is -2.82. The fraction of sp³-hybridized carbons (Fsp3) is 0.263. The van der Waals surface area contributed by atoms with Crippen LogP contribution in [0.1, 0.15) is 30.4 Å². The minimum Gasteiger partial charge on any atom is -0.481 e. The molecule has 0 saturated heterocycles. The van der Waals surface area contributed by atoms with Crippen LogP contribution in [0.4, 0.5) is 5.69 Å². The van der Waals surface area contributed by atoms with Gasteiger partial charge in [0.1, 0.15) is 11.5 Å². The summed E-state index contributed by atoms with van der Waals surface area (Å²) >= 11 is 0. The number of ether oxygens (including phenoxy) is 1. The lowest BCUT2D eigenvalue weighted by atomic mass is 10.1. The van der Waals surface area contributed by atoms with Gasteiger partial charge in [-0.3, -0.25) is 9.59 Å². The molecule has 2 rings (SSSR count). The zero-order valence-corrected chi connectivity index (χ0v) is 13.8. The van der Waals surface area contributed by atoms with Crippen molar-refractivity contribution >= 4 is 17.6 Å². The average molecular weight is 327 g/mol. The van der Waals surface area contributed by atoms with Gasteiger partial charge in [-0.15, -0.1) is 0 Å². The highest BCUT2D eigenvalue weighted by molar-refractivity contribution is 5.90. The standard InChI is InChI=1S/C19H21NO4/c1-13-10-14(2)12-17(11-13)24-16-8-6-15(7-9-16)20-18(21)4-3-5-19(22)23/h6-12H,3-5H2,1-2H3,(H,20,21)(H,22,23). The Morgan fingerprint density at radius 2 is 1.58 bits per heavy atom. The third-order valence-corrected chi connectivity index (χ3v) is 3.36. The third kappa shape index (κ3) is 5.76. The van der Waals surface area contributed by atoms with Crippen LogP contribution in [0.25, 0.3) is 0 Å². The van der Waals surface area contributed by atoms with Gasteiger partial charge in [0, 0.05) is 18.5 Å². The van der Waals surface area contributed by atoms with E-state index < -0.39 is 5.97 Å². The van der Waals surface area contributed by atoms with E-state index in [2.05, 4.69) is 11.4 Å². The number of rotatable bonds is 7. The number of anilines is 1. The van der Waals surface area contributed by atoms with Gasteiger partial charge in [-0.25, -0.2) is 0 Å². The number of carboxylic acid groups (broad SMARTS) is 1. The summed E-state index contributed by atoms with van der Waals surface area (Å²) in [6.45, 7) is 4.03. The van der Waals surface area contributed by atoms with Crippen LogP contribution in [0.5, 0.6) is 11.5 Å². The first kappa shape index (κ1) is 17.5. The Labute approximate surface area is 141 Å². The van der Waals surface area contributed by atoms with Crippen LogP contribution < -0.4 is 10.1 Å². The van der Waals surface area contributed by atoms with Crippen LogP contribution in [0, 0.1) is 13.8 Å². The monoisotopic (exact) mass is 327 g/mol. The molecule has 24 heavy (non-hydrogen) atoms. The Bertz CT molecular complexity index is 702. The van der Waals surface area contributed by atoms with Crippen LogP contribution in [0.2, 0.25) is 0 Å². The molecular weight excluding hydrogens is 306 g/mol. The number of benzene rings is 2. The number of hydrogen-bond donors (Lipinski definition) is 2. The molecule has 2 aromatic carbocycles. The molecular formula is C19H21NO4. The minimum absolute atomic E-state index is 0.00386. The van der Waals surface area contributed by atoms with Crippen molar-refractivity contribution in [1.82, 2.24) is 0 Å². The van der Waals surface area contributed by atoms with Gasteiger partial charge >= 0.3 is 5.97 Å². The summed E-state index contributed by atoms with van der Waals surface area (Å²) in [6, 6.07) is 13.1. The van der Waals surface area contributed by atoms with Gasteiger partial charge in [0.25, 0.3) is 0 Å². The van der Waals surface area contributed by atoms with Crippen LogP contribution in [0.3, 0.4) is 0 Å². The summed E-state index contributed by atoms with van der Waals surface area (Å²) in [6.07, 6.45) is 0.512. The summed E-state index contributed by atoms with van der Waals surface area (Å²) < 4.78 is 5.81. The number of amides is 1. The Morgan fingerprint density at radius 3 is 2.17 bits per heavy atom. The van der Waals surface area contributed by atoms with Gasteiger partial charge in [0.2, 0.25) is 5.91 Å². The Morgan fingerprint density at radius 1 is 0.958 bits per heavy atom. The minimum atomic E-state index is -0.893. The van der Waals surface area contributed by atoms with Crippen molar-refractivity contribution in [1.29, 1.82) is 0 Å². The van der Waals surface area contributed by atoms with Crippen molar-refractivity contribution in [2.75, 3.05) is 5.32 Å². The second-order valence-corrected chi connectivity index (χ2v) is 5.75. The molecule has 5 heteroatoms. The first-order chi connectivity index (χ1) is 11.4. The van der Waals surface area contributed by atoms with Crippen LogP contribution in [-0.2, 0) is 9.59 Å². The normalized spacial score (nSPS) is 10.2. The van der Waals surface area contributed by atoms with Gasteiger partial charge in [0.15, 0.2) is 0 Å². The Balaban J connectivity index is 1.90. The molecule has 0 spiro atoms. The molecule has 0 bridgehead atoms. The van der Waals surface area contributed by atoms with Gasteiger partial charge in [-0.05, 0) is 67.8 Å². The molecule has 0 aliphatic carbocycles. The summed E-state index contributed by atoms with van der Waals surface area (Å²) in [4.78, 5) is 22.1. The lowest BCUT2D eigenvalue weighted by molar-refractivity contribution is -0.137. The highest BCUT2D eigenvalue weighted by Gasteiger charge is 2.05. The van der Waals surface area contributed by atoms with Gasteiger partial charge in [0.05, 0.1) is 0 Å². The van der Waals surface area contributed by atoms with E-state index in [0.717, 1.165) is 16.9 Å². The van der Waals surface area contributed by atoms with E-state index in [-0.39, 0.29) is 18.7 Å². The van der Waals surface area contributed by atoms with Crippen molar-refractivity contribution in [3.63, 3.8) is 0 Å². The molecule has 126 valence electrons. The van der Waals surface area contributed by atoms with Crippen molar-refractivity contribution in [2.45, 2.75) is 33.1 Å². The molecule has 0 saturated carbocycles. The molecule has 0 radical (unpaired) electrons. The number of carboxylic acids is 1. The quantitative estimate of drug-likeness (QED) is 0.795. The summed E-state index contributed by atoms with van der Waals surface area (Å²) in [5.41, 5.74) is 2.92. The molecule has 0 aliphatic rings. The molecule has 2 N–H and O–H groups in total. The third-order valence-electron chi connectivity index (χ3n) is 3.36. The van der Waals surface area contributed by atoms with Crippen LogP contribution in [0.15, 0.2) is 42.5 Å². The summed E-state index contributed by atoms with van der Waals surface area (Å²) in [5, 5.41) is 11.3. The first-order valence-corrected chi connectivity index (χ1v) is 7.80. The van der Waals surface area contributed by atoms with E-state index in [4.69, 9.17) is 9.84 Å². The fourth-order valence-electron chi connectivity index (χ4n) is 2.36. The summed E-state index contributed by atoms with van der Waals surface area (Å²) in [5.74, 6) is 0.372. The second kappa shape index (κ2) is 8.15. The number of hydrogen-bond acceptors (Lipinski definition) is 3. The SMILES string of the molecule is Cc1cc(C)cc(Oc2ccc(NC(=O)CCCC(=O)O)cc2)c1. The van der Waals surface area contributed by atoms with E-state index >= 15 is 0 Å². The number of aryl methyl sites for hydroxylation is 2. The van der Waals surface area contributed by atoms with Crippen molar-refractivity contribution < 1.29 is 19.4 Å². The molecule has 0 aliphatic heterocycles. The van der Waals surface area contributed by atoms with Crippen molar-refractivity contribution in [2.24, 2.45) is 0 Å². The number of nitrogens with one attached hydrogen (secondary N) is 1. The van der Waals surface area contributed by atoms with E-state index in [9.17, 15) is 9.59 Å². The number of carbonyl (C=O) groups is 2. The Kier molecular flexibility index (Phi) is 5.95. The predicted octanol–water partition coefficient (Wildman–Crippen LogP) is 4.29. The number of carbonyl (C=O) groups excluding carboxylic acids is 1. The first-order valence-electron chi connectivity index (χ1n) is 7.80. The van der Waals surface area contributed by atoms with Crippen LogP contribution in [-0.4, -0.2) is 17.0 Å². The smallest absolute Gasteiger partial charge is 0.303 e. The molecule has 0 aromatic heterocycles. The van der Waals surface area contributed by atoms with Crippen molar-refractivity contribution in [3.05, 3.63) is 53.6 Å². The van der Waals surface area contributed by atoms with E-state index in [1.807, 2.05) is 26.0 Å². The van der Waals surface area contributed by atoms with Crippen molar-refractivity contribution in [3.8, 4) is 11.5 Å². The van der Waals surface area contributed by atoms with E-state index in [0.29, 0.717) is 17.9 Å². The molecule has 0 unspecified atom stereocenters. The highest BCUT2D eigenvalue weighted by Crippen LogP contribution is 2.25. The van der Waals surface area contributed by atoms with E-state index in [1.54, 1.807) is 24.3 Å². The maximum Gasteiger partial charge on any atom is 0.303 e. The fourth-order valence-corrected chi connectivity index (χ4v) is 2.36. The average Bonchev–Trinajstić information content (AvgIpc) is 2.48. The molecule has 0 fully saturated rings. The number of aliphatic carboxylic acids is 1. The molecule has 2 aromatic rings. The van der Waals surface area contributed by atoms with Crippen LogP contribution >= 0.6 is 0 Å².